The fraction of sp³-hybridized carbons (Fsp3) is 0.647. The summed E-state index contributed by atoms with van der Waals surface area (Å²) in [5.41, 5.74) is 1.88. The van der Waals surface area contributed by atoms with Gasteiger partial charge in [-0.05, 0) is 47.4 Å². The Hall–Kier alpha value is -1.45. The zero-order valence-electron chi connectivity index (χ0n) is 28.5. The van der Waals surface area contributed by atoms with Crippen molar-refractivity contribution in [3.63, 3.8) is 0 Å². The second-order valence-corrected chi connectivity index (χ2v) is 24.3. The molecule has 0 heterocycles. The van der Waals surface area contributed by atoms with E-state index in [0.29, 0.717) is 0 Å². The molecule has 0 fully saturated rings. The van der Waals surface area contributed by atoms with E-state index in [1.165, 1.54) is 0 Å². The molecule has 2 aromatic carbocycles. The summed E-state index contributed by atoms with van der Waals surface area (Å²) < 4.78 is 25.1. The fourth-order valence-corrected chi connectivity index (χ4v) is 6.69. The first-order chi connectivity index (χ1) is 20.3. The Morgan fingerprint density at radius 2 is 0.841 bits per heavy atom. The van der Waals surface area contributed by atoms with Crippen LogP contribution in [0.15, 0.2) is 60.7 Å². The highest BCUT2D eigenvalue weighted by molar-refractivity contribution is 6.74. The lowest BCUT2D eigenvalue weighted by molar-refractivity contribution is -0.158. The number of benzene rings is 2. The van der Waals surface area contributed by atoms with Crippen molar-refractivity contribution >= 4 is 16.6 Å². The van der Waals surface area contributed by atoms with Crippen LogP contribution < -0.4 is 0 Å². The smallest absolute Gasteiger partial charge is 0.192 e. The maximum atomic E-state index is 11.7. The summed E-state index contributed by atoms with van der Waals surface area (Å²) in [5.74, 6) is 0. The Bertz CT molecular complexity index is 998. The Morgan fingerprint density at radius 3 is 1.11 bits per heavy atom. The third kappa shape index (κ3) is 11.4. The van der Waals surface area contributed by atoms with Crippen LogP contribution in [0.1, 0.15) is 52.7 Å². The normalized spacial score (nSPS) is 17.5. The van der Waals surface area contributed by atoms with Gasteiger partial charge in [0, 0.05) is 0 Å². The molecule has 0 bridgehead atoms. The van der Waals surface area contributed by atoms with E-state index in [-0.39, 0.29) is 36.5 Å². The molecule has 250 valence electrons. The number of rotatable bonds is 17. The van der Waals surface area contributed by atoms with Gasteiger partial charge < -0.3 is 38.8 Å². The van der Waals surface area contributed by atoms with Crippen LogP contribution in [0, 0.1) is 0 Å². The van der Waals surface area contributed by atoms with Crippen LogP contribution in [0.2, 0.25) is 36.3 Å². The van der Waals surface area contributed by atoms with Gasteiger partial charge in [0.05, 0.1) is 26.4 Å². The maximum Gasteiger partial charge on any atom is 0.192 e. The highest BCUT2D eigenvalue weighted by Gasteiger charge is 2.50. The van der Waals surface area contributed by atoms with E-state index < -0.39 is 53.3 Å². The number of aliphatic hydroxyl groups is 4. The average molecular weight is 651 g/mol. The van der Waals surface area contributed by atoms with Gasteiger partial charge in [0.15, 0.2) is 16.6 Å². The number of hydrogen-bond acceptors (Lipinski definition) is 8. The quantitative estimate of drug-likeness (QED) is 0.163. The molecule has 0 saturated carbocycles. The largest absolute Gasteiger partial charge is 0.408 e. The van der Waals surface area contributed by atoms with Crippen molar-refractivity contribution in [1.29, 1.82) is 0 Å². The first-order valence-corrected chi connectivity index (χ1v) is 21.4. The van der Waals surface area contributed by atoms with Crippen LogP contribution in [0.5, 0.6) is 0 Å². The molecular weight excluding hydrogens is 593 g/mol. The molecule has 6 atom stereocenters. The minimum atomic E-state index is -2.60. The van der Waals surface area contributed by atoms with Crippen LogP contribution in [0.25, 0.3) is 0 Å². The van der Waals surface area contributed by atoms with Crippen molar-refractivity contribution < 1.29 is 38.8 Å². The van der Waals surface area contributed by atoms with Gasteiger partial charge in [0.1, 0.15) is 36.6 Å². The van der Waals surface area contributed by atoms with Crippen molar-refractivity contribution in [2.75, 3.05) is 13.2 Å². The van der Waals surface area contributed by atoms with Crippen LogP contribution in [0.3, 0.4) is 0 Å². The monoisotopic (exact) mass is 650 g/mol. The molecule has 0 saturated heterocycles. The molecule has 0 aliphatic carbocycles. The second-order valence-electron chi connectivity index (χ2n) is 14.8. The van der Waals surface area contributed by atoms with E-state index in [4.69, 9.17) is 18.3 Å². The first kappa shape index (κ1) is 38.7. The predicted octanol–water partition coefficient (Wildman–Crippen LogP) is 5.64. The summed E-state index contributed by atoms with van der Waals surface area (Å²) >= 11 is 0. The maximum absolute atomic E-state index is 11.7. The average Bonchev–Trinajstić information content (AvgIpc) is 2.94. The summed E-state index contributed by atoms with van der Waals surface area (Å²) in [5, 5.41) is 45.3. The van der Waals surface area contributed by atoms with Gasteiger partial charge in [-0.1, -0.05) is 102 Å². The summed E-state index contributed by atoms with van der Waals surface area (Å²) in [4.78, 5) is 0. The topological polar surface area (TPSA) is 118 Å². The van der Waals surface area contributed by atoms with Gasteiger partial charge in [0.25, 0.3) is 0 Å². The van der Waals surface area contributed by atoms with Gasteiger partial charge in [-0.15, -0.1) is 0 Å². The molecule has 44 heavy (non-hydrogen) atoms. The van der Waals surface area contributed by atoms with Crippen molar-refractivity contribution in [2.45, 2.75) is 128 Å². The Labute approximate surface area is 267 Å². The molecule has 0 amide bonds. The minimum Gasteiger partial charge on any atom is -0.408 e. The third-order valence-electron chi connectivity index (χ3n) is 9.06. The van der Waals surface area contributed by atoms with Crippen LogP contribution in [0.4, 0.5) is 0 Å². The Morgan fingerprint density at radius 1 is 0.545 bits per heavy atom. The summed E-state index contributed by atoms with van der Waals surface area (Å²) in [7, 11) is -5.19. The fourth-order valence-electron chi connectivity index (χ4n) is 4.07. The molecule has 2 aromatic rings. The van der Waals surface area contributed by atoms with Crippen LogP contribution in [-0.2, 0) is 31.5 Å². The zero-order valence-corrected chi connectivity index (χ0v) is 30.5. The van der Waals surface area contributed by atoms with Crippen LogP contribution in [-0.4, -0.2) is 86.9 Å². The predicted molar refractivity (Wildman–Crippen MR) is 180 cm³/mol. The van der Waals surface area contributed by atoms with E-state index in [1.807, 2.05) is 86.9 Å². The molecule has 0 aromatic heterocycles. The van der Waals surface area contributed by atoms with Crippen molar-refractivity contribution in [2.24, 2.45) is 0 Å². The SMILES string of the molecule is CC(C)(C)[Si](C)(C)O[C@@H]([C@@H](O)[C@@H](O)COCc1ccccc1)[C@@H](O[Si](C)(C)C(C)(C)C)[C@@H](O)[C@@H](O)COCc1ccccc1. The number of ether oxygens (including phenoxy) is 2. The second kappa shape index (κ2) is 16.4. The van der Waals surface area contributed by atoms with Gasteiger partial charge in [-0.3, -0.25) is 0 Å². The van der Waals surface area contributed by atoms with E-state index >= 15 is 0 Å². The highest BCUT2D eigenvalue weighted by atomic mass is 28.4. The summed E-state index contributed by atoms with van der Waals surface area (Å²) in [6, 6.07) is 19.2. The molecule has 0 aliphatic rings. The third-order valence-corrected chi connectivity index (χ3v) is 18.0. The lowest BCUT2D eigenvalue weighted by atomic mass is 9.96. The molecule has 8 nitrogen and oxygen atoms in total. The molecule has 0 spiro atoms. The van der Waals surface area contributed by atoms with Crippen LogP contribution >= 0.6 is 0 Å². The van der Waals surface area contributed by atoms with E-state index in [0.717, 1.165) is 11.1 Å². The zero-order chi connectivity index (χ0) is 33.3. The van der Waals surface area contributed by atoms with Gasteiger partial charge >= 0.3 is 0 Å². The lowest BCUT2D eigenvalue weighted by Crippen LogP contribution is -2.62. The van der Waals surface area contributed by atoms with Gasteiger partial charge in [-0.25, -0.2) is 0 Å². The van der Waals surface area contributed by atoms with Crippen molar-refractivity contribution in [1.82, 2.24) is 0 Å². The number of hydrogen-bond donors (Lipinski definition) is 4. The lowest BCUT2D eigenvalue weighted by Gasteiger charge is -2.48. The molecule has 0 aliphatic heterocycles. The minimum absolute atomic E-state index is 0.154. The molecule has 0 radical (unpaired) electrons. The molecule has 10 heteroatoms. The summed E-state index contributed by atoms with van der Waals surface area (Å²) in [6.45, 7) is 20.9. The summed E-state index contributed by atoms with van der Waals surface area (Å²) in [6.07, 6.45) is -7.92. The van der Waals surface area contributed by atoms with E-state index in [9.17, 15) is 20.4 Å². The van der Waals surface area contributed by atoms with E-state index in [2.05, 4.69) is 41.5 Å². The molecule has 4 N–H and O–H groups in total. The molecule has 2 rings (SSSR count). The van der Waals surface area contributed by atoms with Crippen molar-refractivity contribution in [3.8, 4) is 0 Å². The van der Waals surface area contributed by atoms with Gasteiger partial charge in [-0.2, -0.15) is 0 Å². The molecule has 0 unspecified atom stereocenters. The standard InChI is InChI=1S/C34H58O8Si2/c1-33(2,3)43(7,8)41-31(29(37)27(35)23-39-21-25-17-13-11-14-18-25)32(42-44(9,10)34(4,5)6)30(38)28(36)24-40-22-26-19-15-12-16-20-26/h11-20,27-32,35-38H,21-24H2,1-10H3/t27-,28-,29-,30-,31-,32-/m0/s1. The van der Waals surface area contributed by atoms with Crippen molar-refractivity contribution in [3.05, 3.63) is 71.8 Å². The Balaban J connectivity index is 2.39. The van der Waals surface area contributed by atoms with Gasteiger partial charge in [0.2, 0.25) is 0 Å². The molecular formula is C34H58O8Si2. The highest BCUT2D eigenvalue weighted by Crippen LogP contribution is 2.42. The number of aliphatic hydroxyl groups excluding tert-OH is 4. The first-order valence-electron chi connectivity index (χ1n) is 15.6. The van der Waals surface area contributed by atoms with E-state index in [1.54, 1.807) is 0 Å². The Kier molecular flexibility index (Phi) is 14.4.